The monoisotopic (exact) mass is 673 g/mol. The third kappa shape index (κ3) is 5.61. The molecule has 18 nitrogen and oxygen atoms in total. The van der Waals surface area contributed by atoms with Crippen LogP contribution in [0.25, 0.3) is 22.2 Å². The van der Waals surface area contributed by atoms with Crippen LogP contribution in [0.2, 0.25) is 0 Å². The second-order valence-corrected chi connectivity index (χ2v) is 15.8. The second-order valence-electron chi connectivity index (χ2n) is 10.1. The molecule has 5 N–H and O–H groups in total. The molecular formula is C21H25N9O9P2S2. The molecule has 230 valence electrons. The van der Waals surface area contributed by atoms with Crippen molar-refractivity contribution in [2.24, 2.45) is 0 Å². The predicted octanol–water partition coefficient (Wildman–Crippen LogP) is 2.20. The smallest absolute Gasteiger partial charge is 0.383 e. The van der Waals surface area contributed by atoms with Crippen LogP contribution >= 0.6 is 38.1 Å². The van der Waals surface area contributed by atoms with Gasteiger partial charge < -0.3 is 25.5 Å². The van der Waals surface area contributed by atoms with Gasteiger partial charge >= 0.3 is 13.6 Å². The largest absolute Gasteiger partial charge is 0.386 e. The standard InChI is InChI=1S/C21H25N9O9P2S2/c22-16-10-1-2-29(17(10)25-7-24-16)14-4-11-13(37-14)6-35-41(33,43)39-12-3-9(5-34-40(32,42)38-11)36-20(12)30-8-26-15-18(30)27-21(23)28-19(15)31/h1-2,7-9,11-14,20H,3-6H2,(H,32,42)(H,33,43)(H2,22,24,25)(H3,23,27,28,31)/t9-,11-,12+,13?,14+,20+,40+,41+/m0/s1. The lowest BCUT2D eigenvalue weighted by Crippen LogP contribution is -2.28. The first-order valence-electron chi connectivity index (χ1n) is 12.9. The Morgan fingerprint density at radius 3 is 2.51 bits per heavy atom. The first-order chi connectivity index (χ1) is 20.5. The second kappa shape index (κ2) is 10.8. The van der Waals surface area contributed by atoms with Crippen LogP contribution in [0.5, 0.6) is 0 Å². The van der Waals surface area contributed by atoms with Crippen LogP contribution in [-0.2, 0) is 36.7 Å². The van der Waals surface area contributed by atoms with E-state index < -0.39 is 56.0 Å². The van der Waals surface area contributed by atoms with E-state index in [0.717, 1.165) is 0 Å². The lowest BCUT2D eigenvalue weighted by atomic mass is 10.2. The summed E-state index contributed by atoms with van der Waals surface area (Å²) in [7, 11) is 0. The van der Waals surface area contributed by atoms with E-state index in [9.17, 15) is 13.9 Å². The average molecular weight is 674 g/mol. The molecule has 7 heterocycles. The van der Waals surface area contributed by atoms with Crippen molar-refractivity contribution in [2.75, 3.05) is 24.7 Å². The van der Waals surface area contributed by atoms with Gasteiger partial charge in [0.1, 0.15) is 42.3 Å². The number of ether oxygens (including phenoxy) is 2. The van der Waals surface area contributed by atoms with Gasteiger partial charge in [0.05, 0.1) is 31.0 Å². The lowest BCUT2D eigenvalue weighted by molar-refractivity contribution is -0.0556. The number of anilines is 2. The van der Waals surface area contributed by atoms with Crippen LogP contribution in [0.3, 0.4) is 0 Å². The van der Waals surface area contributed by atoms with Crippen LogP contribution < -0.4 is 17.0 Å². The van der Waals surface area contributed by atoms with E-state index in [1.165, 1.54) is 17.2 Å². The van der Waals surface area contributed by atoms with Crippen molar-refractivity contribution in [1.29, 1.82) is 0 Å². The third-order valence-corrected chi connectivity index (χ3v) is 10.5. The van der Waals surface area contributed by atoms with E-state index in [1.807, 2.05) is 0 Å². The van der Waals surface area contributed by atoms with Gasteiger partial charge in [-0.2, -0.15) is 4.98 Å². The van der Waals surface area contributed by atoms with Gasteiger partial charge in [0.15, 0.2) is 17.4 Å². The van der Waals surface area contributed by atoms with Gasteiger partial charge in [-0.1, -0.05) is 24.5 Å². The molecule has 3 fully saturated rings. The van der Waals surface area contributed by atoms with Crippen LogP contribution in [0.15, 0.2) is 29.7 Å². The highest BCUT2D eigenvalue weighted by atomic mass is 32.7. The molecule has 0 aromatic carbocycles. The van der Waals surface area contributed by atoms with Crippen molar-refractivity contribution < 1.29 is 36.7 Å². The number of fused-ring (bicyclic) bond motifs is 5. The van der Waals surface area contributed by atoms with E-state index in [4.69, 9.17) is 39.0 Å². The maximum absolute atomic E-state index is 13.5. The van der Waals surface area contributed by atoms with E-state index >= 15 is 0 Å². The normalized spacial score (nSPS) is 35.4. The van der Waals surface area contributed by atoms with E-state index in [0.29, 0.717) is 16.9 Å². The zero-order valence-electron chi connectivity index (χ0n) is 21.9. The van der Waals surface area contributed by atoms with Crippen LogP contribution in [0, 0.1) is 0 Å². The first-order valence-corrected chi connectivity index (χ1v) is 18.3. The number of hydrogen-bond donors (Lipinski definition) is 5. The number of imidazole rings is 1. The summed E-state index contributed by atoms with van der Waals surface area (Å²) in [5, 5.41) is 0.625. The van der Waals surface area contributed by atoms with Crippen molar-refractivity contribution in [1.82, 2.24) is 34.1 Å². The number of nitrogens with zero attached hydrogens (tertiary/aromatic N) is 6. The number of rotatable bonds is 2. The molecule has 0 amide bonds. The molecule has 4 aromatic rings. The zero-order chi connectivity index (χ0) is 30.1. The topological polar surface area (TPSA) is 236 Å². The van der Waals surface area contributed by atoms with E-state index in [1.54, 1.807) is 16.8 Å². The van der Waals surface area contributed by atoms with E-state index in [2.05, 4.69) is 49.4 Å². The molecule has 2 bridgehead atoms. The number of thiol groups is 2. The molecule has 4 aromatic heterocycles. The Kier molecular flexibility index (Phi) is 7.36. The average Bonchev–Trinajstić information content (AvgIpc) is 3.71. The Morgan fingerprint density at radius 2 is 1.70 bits per heavy atom. The minimum Gasteiger partial charge on any atom is -0.383 e. The maximum atomic E-state index is 13.5. The first kappa shape index (κ1) is 29.2. The lowest BCUT2D eigenvalue weighted by Gasteiger charge is -2.26. The van der Waals surface area contributed by atoms with Gasteiger partial charge in [0.2, 0.25) is 5.95 Å². The molecule has 3 aliphatic rings. The molecule has 43 heavy (non-hydrogen) atoms. The van der Waals surface area contributed by atoms with Gasteiger partial charge in [-0.05, 0) is 6.07 Å². The van der Waals surface area contributed by atoms with Gasteiger partial charge in [0, 0.05) is 19.0 Å². The van der Waals surface area contributed by atoms with Crippen molar-refractivity contribution in [3.05, 3.63) is 35.3 Å². The van der Waals surface area contributed by atoms with Crippen molar-refractivity contribution in [2.45, 2.75) is 49.7 Å². The molecule has 0 saturated carbocycles. The molecular weight excluding hydrogens is 648 g/mol. The fourth-order valence-corrected chi connectivity index (χ4v) is 8.43. The Hall–Kier alpha value is -2.51. The Bertz CT molecular complexity index is 1870. The fraction of sp³-hybridized carbons (Fsp3) is 0.476. The summed E-state index contributed by atoms with van der Waals surface area (Å²) in [4.78, 5) is 31.2. The highest BCUT2D eigenvalue weighted by Gasteiger charge is 2.46. The molecule has 0 spiro atoms. The quantitative estimate of drug-likeness (QED) is 0.151. The Morgan fingerprint density at radius 1 is 0.930 bits per heavy atom. The summed E-state index contributed by atoms with van der Waals surface area (Å²) in [5.41, 5.74) is 11.8. The third-order valence-electron chi connectivity index (χ3n) is 7.26. The van der Waals surface area contributed by atoms with Gasteiger partial charge in [-0.3, -0.25) is 32.4 Å². The Labute approximate surface area is 252 Å². The number of hydrogen-bond acceptors (Lipinski definition) is 15. The molecule has 3 saturated heterocycles. The van der Waals surface area contributed by atoms with Crippen molar-refractivity contribution >= 4 is 72.1 Å². The van der Waals surface area contributed by atoms with Gasteiger partial charge in [-0.15, -0.1) is 0 Å². The van der Waals surface area contributed by atoms with E-state index in [-0.39, 0.29) is 43.2 Å². The number of nitrogen functional groups attached to an aromatic ring is 2. The van der Waals surface area contributed by atoms with Crippen molar-refractivity contribution in [3.8, 4) is 0 Å². The number of aromatic amines is 1. The zero-order valence-corrected chi connectivity index (χ0v) is 25.5. The molecule has 8 atom stereocenters. The summed E-state index contributed by atoms with van der Waals surface area (Å²) in [6.07, 6.45) is -0.364. The number of nitrogens with one attached hydrogen (secondary N) is 1. The Balaban J connectivity index is 1.17. The van der Waals surface area contributed by atoms with Crippen molar-refractivity contribution in [3.63, 3.8) is 0 Å². The molecule has 0 aliphatic carbocycles. The minimum atomic E-state index is -4.06. The molecule has 7 rings (SSSR count). The predicted molar refractivity (Wildman–Crippen MR) is 156 cm³/mol. The van der Waals surface area contributed by atoms with Gasteiger partial charge in [-0.25, -0.2) is 24.1 Å². The number of H-pyrrole nitrogens is 1. The molecule has 3 aliphatic heterocycles. The van der Waals surface area contributed by atoms with Gasteiger partial charge in [0.25, 0.3) is 5.56 Å². The number of nitrogens with two attached hydrogens (primary N) is 2. The summed E-state index contributed by atoms with van der Waals surface area (Å²) in [6, 6.07) is 1.75. The highest BCUT2D eigenvalue weighted by Crippen LogP contribution is 2.60. The van der Waals surface area contributed by atoms with Crippen LogP contribution in [0.4, 0.5) is 11.8 Å². The van der Waals surface area contributed by atoms with Crippen LogP contribution in [0.1, 0.15) is 25.3 Å². The molecule has 22 heteroatoms. The summed E-state index contributed by atoms with van der Waals surface area (Å²) >= 11 is 8.38. The van der Waals surface area contributed by atoms with Crippen LogP contribution in [-0.4, -0.2) is 71.7 Å². The summed E-state index contributed by atoms with van der Waals surface area (Å²) in [6.45, 7) is -8.58. The minimum absolute atomic E-state index is 0.00724. The summed E-state index contributed by atoms with van der Waals surface area (Å²) < 4.78 is 65.2. The SMILES string of the molecule is Nc1nc2c(ncn2[C@@H]2O[C@@H]3CO[P@@](=O)(S)O[C@H]4C[C@H](n5ccc6c(N)ncnc65)OC4CO[P@@](=O)(S)O[C@@H]2C3)c(=O)[nH]1. The number of aromatic nitrogens is 7. The fourth-order valence-electron chi connectivity index (χ4n) is 5.40. The highest BCUT2D eigenvalue weighted by molar-refractivity contribution is 8.44. The molecule has 0 radical (unpaired) electrons. The molecule has 1 unspecified atom stereocenters. The maximum Gasteiger partial charge on any atom is 0.386 e. The summed E-state index contributed by atoms with van der Waals surface area (Å²) in [5.74, 6) is 0.163.